The number of benzene rings is 1. The molecule has 0 unspecified atom stereocenters. The van der Waals surface area contributed by atoms with Crippen molar-refractivity contribution in [3.8, 4) is 0 Å². The van der Waals surface area contributed by atoms with Gasteiger partial charge in [-0.3, -0.25) is 0 Å². The van der Waals surface area contributed by atoms with Crippen molar-refractivity contribution in [2.24, 2.45) is 11.1 Å². The van der Waals surface area contributed by atoms with Crippen LogP contribution in [0.3, 0.4) is 0 Å². The van der Waals surface area contributed by atoms with Gasteiger partial charge in [-0.05, 0) is 36.0 Å². The zero-order chi connectivity index (χ0) is 11.1. The van der Waals surface area contributed by atoms with Gasteiger partial charge in [0, 0.05) is 12.0 Å². The van der Waals surface area contributed by atoms with E-state index in [1.54, 1.807) is 12.1 Å². The smallest absolute Gasteiger partial charge is 0.123 e. The first-order valence-electron chi connectivity index (χ1n) is 5.44. The molecule has 1 aliphatic carbocycles. The van der Waals surface area contributed by atoms with Crippen LogP contribution in [0.5, 0.6) is 0 Å². The summed E-state index contributed by atoms with van der Waals surface area (Å²) in [5.41, 5.74) is 7.28. The fourth-order valence-corrected chi connectivity index (χ4v) is 3.06. The molecule has 2 heteroatoms. The molecule has 0 bridgehead atoms. The van der Waals surface area contributed by atoms with Crippen LogP contribution in [-0.4, -0.2) is 6.54 Å². The van der Waals surface area contributed by atoms with Gasteiger partial charge in [0.2, 0.25) is 0 Å². The van der Waals surface area contributed by atoms with Crippen molar-refractivity contribution >= 4 is 0 Å². The maximum Gasteiger partial charge on any atom is 0.123 e. The molecule has 0 heterocycles. The lowest BCUT2D eigenvalue weighted by molar-refractivity contribution is 0.0632. The fraction of sp³-hybridized carbons (Fsp3) is 0.538. The monoisotopic (exact) mass is 207 g/mol. The van der Waals surface area contributed by atoms with E-state index >= 15 is 0 Å². The van der Waals surface area contributed by atoms with E-state index in [2.05, 4.69) is 13.8 Å². The molecule has 15 heavy (non-hydrogen) atoms. The first kappa shape index (κ1) is 10.6. The zero-order valence-electron chi connectivity index (χ0n) is 9.39. The molecule has 0 atom stereocenters. The second-order valence-corrected chi connectivity index (χ2v) is 5.51. The summed E-state index contributed by atoms with van der Waals surface area (Å²) in [6, 6.07) is 6.87. The van der Waals surface area contributed by atoms with E-state index < -0.39 is 0 Å². The minimum Gasteiger partial charge on any atom is -0.330 e. The molecular formula is C13H18FN. The molecule has 0 aromatic heterocycles. The fourth-order valence-electron chi connectivity index (χ4n) is 3.06. The topological polar surface area (TPSA) is 26.0 Å². The summed E-state index contributed by atoms with van der Waals surface area (Å²) in [7, 11) is 0. The molecule has 0 spiro atoms. The Hall–Kier alpha value is -0.890. The maximum absolute atomic E-state index is 13.1. The van der Waals surface area contributed by atoms with Gasteiger partial charge in [0.05, 0.1) is 0 Å². The first-order chi connectivity index (χ1) is 6.97. The van der Waals surface area contributed by atoms with Gasteiger partial charge in [-0.25, -0.2) is 4.39 Å². The van der Waals surface area contributed by atoms with E-state index in [0.29, 0.717) is 12.0 Å². The average Bonchev–Trinajstić information content (AvgIpc) is 2.13. The van der Waals surface area contributed by atoms with E-state index in [0.717, 1.165) is 18.4 Å². The summed E-state index contributed by atoms with van der Waals surface area (Å²) >= 11 is 0. The summed E-state index contributed by atoms with van der Waals surface area (Å²) in [4.78, 5) is 0. The minimum absolute atomic E-state index is 0.0194. The molecule has 0 saturated heterocycles. The highest BCUT2D eigenvalue weighted by Crippen LogP contribution is 2.54. The van der Waals surface area contributed by atoms with Gasteiger partial charge in [0.1, 0.15) is 5.82 Å². The maximum atomic E-state index is 13.1. The Kier molecular flexibility index (Phi) is 2.34. The Morgan fingerprint density at radius 1 is 1.33 bits per heavy atom. The van der Waals surface area contributed by atoms with Gasteiger partial charge < -0.3 is 5.73 Å². The number of nitrogens with two attached hydrogens (primary N) is 1. The van der Waals surface area contributed by atoms with Crippen molar-refractivity contribution in [3.05, 3.63) is 35.6 Å². The average molecular weight is 207 g/mol. The largest absolute Gasteiger partial charge is 0.330 e. The molecule has 82 valence electrons. The van der Waals surface area contributed by atoms with Crippen LogP contribution in [0, 0.1) is 11.2 Å². The Balaban J connectivity index is 2.29. The number of halogens is 1. The lowest BCUT2D eigenvalue weighted by Crippen LogP contribution is -2.51. The lowest BCUT2D eigenvalue weighted by Gasteiger charge is -2.53. The Morgan fingerprint density at radius 2 is 2.00 bits per heavy atom. The predicted molar refractivity (Wildman–Crippen MR) is 60.1 cm³/mol. The minimum atomic E-state index is -0.162. The van der Waals surface area contributed by atoms with E-state index in [9.17, 15) is 4.39 Å². The molecule has 1 fully saturated rings. The number of hydrogen-bond acceptors (Lipinski definition) is 1. The van der Waals surface area contributed by atoms with Crippen molar-refractivity contribution in [1.82, 2.24) is 0 Å². The normalized spacial score (nSPS) is 22.1. The summed E-state index contributed by atoms with van der Waals surface area (Å²) in [5.74, 6) is -0.162. The second-order valence-electron chi connectivity index (χ2n) is 5.51. The van der Waals surface area contributed by atoms with Gasteiger partial charge in [-0.2, -0.15) is 0 Å². The van der Waals surface area contributed by atoms with Crippen LogP contribution < -0.4 is 5.73 Å². The van der Waals surface area contributed by atoms with Crippen LogP contribution in [0.15, 0.2) is 24.3 Å². The van der Waals surface area contributed by atoms with Gasteiger partial charge in [0.15, 0.2) is 0 Å². The van der Waals surface area contributed by atoms with Gasteiger partial charge >= 0.3 is 0 Å². The third-order valence-electron chi connectivity index (χ3n) is 3.46. The highest BCUT2D eigenvalue weighted by Gasteiger charge is 2.49. The van der Waals surface area contributed by atoms with Crippen LogP contribution in [0.25, 0.3) is 0 Å². The quantitative estimate of drug-likeness (QED) is 0.793. The molecule has 0 amide bonds. The van der Waals surface area contributed by atoms with Crippen LogP contribution in [0.4, 0.5) is 4.39 Å². The van der Waals surface area contributed by atoms with Crippen LogP contribution >= 0.6 is 0 Å². The summed E-state index contributed by atoms with van der Waals surface area (Å²) < 4.78 is 13.1. The third kappa shape index (κ3) is 1.78. The summed E-state index contributed by atoms with van der Waals surface area (Å²) in [6.45, 7) is 5.08. The van der Waals surface area contributed by atoms with Gasteiger partial charge in [0.25, 0.3) is 0 Å². The van der Waals surface area contributed by atoms with Crippen molar-refractivity contribution in [2.45, 2.75) is 32.1 Å². The molecule has 2 rings (SSSR count). The summed E-state index contributed by atoms with van der Waals surface area (Å²) in [5, 5.41) is 0. The Morgan fingerprint density at radius 3 is 2.47 bits per heavy atom. The van der Waals surface area contributed by atoms with Crippen LogP contribution in [0.1, 0.15) is 32.3 Å². The SMILES string of the molecule is CC1(C)CC(CN)(c2cccc(F)c2)C1. The van der Waals surface area contributed by atoms with Gasteiger partial charge in [-0.1, -0.05) is 26.0 Å². The first-order valence-corrected chi connectivity index (χ1v) is 5.44. The Labute approximate surface area is 90.5 Å². The molecule has 1 aliphatic rings. The van der Waals surface area contributed by atoms with Crippen LogP contribution in [-0.2, 0) is 5.41 Å². The van der Waals surface area contributed by atoms with E-state index in [1.165, 1.54) is 6.07 Å². The predicted octanol–water partition coefficient (Wildman–Crippen LogP) is 2.84. The molecule has 1 nitrogen and oxygen atoms in total. The molecule has 2 N–H and O–H groups in total. The van der Waals surface area contributed by atoms with Crippen LogP contribution in [0.2, 0.25) is 0 Å². The summed E-state index contributed by atoms with van der Waals surface area (Å²) in [6.07, 6.45) is 2.11. The zero-order valence-corrected chi connectivity index (χ0v) is 9.39. The molecule has 0 radical (unpaired) electrons. The molecular weight excluding hydrogens is 189 g/mol. The Bertz CT molecular complexity index is 363. The molecule has 1 saturated carbocycles. The van der Waals surface area contributed by atoms with Crippen molar-refractivity contribution in [1.29, 1.82) is 0 Å². The molecule has 1 aromatic carbocycles. The third-order valence-corrected chi connectivity index (χ3v) is 3.46. The highest BCUT2D eigenvalue weighted by atomic mass is 19.1. The number of hydrogen-bond donors (Lipinski definition) is 1. The number of rotatable bonds is 2. The van der Waals surface area contributed by atoms with Gasteiger partial charge in [-0.15, -0.1) is 0 Å². The van der Waals surface area contributed by atoms with E-state index in [1.807, 2.05) is 6.07 Å². The van der Waals surface area contributed by atoms with E-state index in [-0.39, 0.29) is 11.2 Å². The molecule has 0 aliphatic heterocycles. The van der Waals surface area contributed by atoms with Crippen molar-refractivity contribution in [2.75, 3.05) is 6.54 Å². The lowest BCUT2D eigenvalue weighted by atomic mass is 9.52. The van der Waals surface area contributed by atoms with Crippen molar-refractivity contribution < 1.29 is 4.39 Å². The molecule has 1 aromatic rings. The van der Waals surface area contributed by atoms with E-state index in [4.69, 9.17) is 5.73 Å². The van der Waals surface area contributed by atoms with Crippen molar-refractivity contribution in [3.63, 3.8) is 0 Å². The second kappa shape index (κ2) is 3.31. The standard InChI is InChI=1S/C13H18FN/c1-12(2)7-13(8-12,9-15)10-4-3-5-11(14)6-10/h3-6H,7-9,15H2,1-2H3. The highest BCUT2D eigenvalue weighted by molar-refractivity contribution is 5.31.